The summed E-state index contributed by atoms with van der Waals surface area (Å²) in [5.74, 6) is -0.0965. The second kappa shape index (κ2) is 7.77. The van der Waals surface area contributed by atoms with Gasteiger partial charge in [-0.25, -0.2) is 0 Å². The third kappa shape index (κ3) is 4.14. The number of nitrogens with zero attached hydrogens (tertiary/aromatic N) is 1. The van der Waals surface area contributed by atoms with E-state index in [1.807, 2.05) is 42.5 Å². The molecular formula is C20H20N2O3. The van der Waals surface area contributed by atoms with Gasteiger partial charge in [-0.05, 0) is 29.7 Å². The number of aliphatic hydroxyl groups is 1. The van der Waals surface area contributed by atoms with Gasteiger partial charge in [0.05, 0.1) is 12.1 Å². The van der Waals surface area contributed by atoms with Crippen molar-refractivity contribution in [1.82, 2.24) is 9.88 Å². The van der Waals surface area contributed by atoms with Crippen molar-refractivity contribution in [2.45, 2.75) is 19.6 Å². The van der Waals surface area contributed by atoms with Crippen molar-refractivity contribution in [3.8, 4) is 0 Å². The lowest BCUT2D eigenvalue weighted by Crippen LogP contribution is -2.29. The van der Waals surface area contributed by atoms with E-state index in [2.05, 4.69) is 5.32 Å². The standard InChI is InChI=1S/C20H20N2O3/c23-14-16-7-5-15(6-8-16)9-11-21-20(25)13-22-12-10-19(24)17-3-1-2-4-18(17)22/h1-8,10,12,23H,9,11,13-14H2,(H,21,25). The van der Waals surface area contributed by atoms with E-state index >= 15 is 0 Å². The summed E-state index contributed by atoms with van der Waals surface area (Å²) >= 11 is 0. The number of para-hydroxylation sites is 1. The minimum atomic E-state index is -0.0965. The van der Waals surface area contributed by atoms with Crippen LogP contribution < -0.4 is 10.7 Å². The molecular weight excluding hydrogens is 316 g/mol. The molecule has 0 atom stereocenters. The van der Waals surface area contributed by atoms with Gasteiger partial charge in [0.15, 0.2) is 5.43 Å². The number of nitrogens with one attached hydrogen (secondary N) is 1. The number of benzene rings is 2. The van der Waals surface area contributed by atoms with Crippen molar-refractivity contribution in [3.05, 3.63) is 82.1 Å². The smallest absolute Gasteiger partial charge is 0.239 e. The summed E-state index contributed by atoms with van der Waals surface area (Å²) < 4.78 is 1.78. The van der Waals surface area contributed by atoms with E-state index in [4.69, 9.17) is 5.11 Å². The number of carbonyl (C=O) groups excluding carboxylic acids is 1. The summed E-state index contributed by atoms with van der Waals surface area (Å²) in [6, 6.07) is 16.4. The van der Waals surface area contributed by atoms with Crippen LogP contribution in [0.1, 0.15) is 11.1 Å². The van der Waals surface area contributed by atoms with Crippen LogP contribution in [0.3, 0.4) is 0 Å². The van der Waals surface area contributed by atoms with Crippen LogP contribution in [0.2, 0.25) is 0 Å². The molecule has 1 heterocycles. The number of rotatable bonds is 6. The maximum absolute atomic E-state index is 12.2. The zero-order valence-electron chi connectivity index (χ0n) is 13.8. The third-order valence-electron chi connectivity index (χ3n) is 4.14. The number of fused-ring (bicyclic) bond motifs is 1. The molecule has 5 nitrogen and oxygen atoms in total. The maximum Gasteiger partial charge on any atom is 0.239 e. The Morgan fingerprint density at radius 2 is 1.72 bits per heavy atom. The van der Waals surface area contributed by atoms with Crippen LogP contribution in [0.15, 0.2) is 65.6 Å². The average molecular weight is 336 g/mol. The molecule has 2 aromatic carbocycles. The summed E-state index contributed by atoms with van der Waals surface area (Å²) in [6.45, 7) is 0.740. The molecule has 1 amide bonds. The van der Waals surface area contributed by atoms with Crippen molar-refractivity contribution in [2.75, 3.05) is 6.54 Å². The molecule has 0 bridgehead atoms. The second-order valence-corrected chi connectivity index (χ2v) is 5.90. The highest BCUT2D eigenvalue weighted by Crippen LogP contribution is 2.09. The quantitative estimate of drug-likeness (QED) is 0.722. The van der Waals surface area contributed by atoms with Crippen molar-refractivity contribution in [3.63, 3.8) is 0 Å². The van der Waals surface area contributed by atoms with Crippen LogP contribution in [-0.4, -0.2) is 22.1 Å². The van der Waals surface area contributed by atoms with Crippen LogP contribution >= 0.6 is 0 Å². The Morgan fingerprint density at radius 1 is 1.00 bits per heavy atom. The molecule has 5 heteroatoms. The number of hydrogen-bond donors (Lipinski definition) is 2. The first kappa shape index (κ1) is 16.9. The molecule has 0 saturated carbocycles. The fourth-order valence-electron chi connectivity index (χ4n) is 2.77. The maximum atomic E-state index is 12.2. The fourth-order valence-corrected chi connectivity index (χ4v) is 2.77. The number of pyridine rings is 1. The molecule has 0 unspecified atom stereocenters. The molecule has 3 aromatic rings. The van der Waals surface area contributed by atoms with Gasteiger partial charge >= 0.3 is 0 Å². The lowest BCUT2D eigenvalue weighted by Gasteiger charge is -2.11. The van der Waals surface area contributed by atoms with Crippen molar-refractivity contribution in [1.29, 1.82) is 0 Å². The average Bonchev–Trinajstić information content (AvgIpc) is 2.65. The molecule has 0 fully saturated rings. The van der Waals surface area contributed by atoms with Gasteiger partial charge < -0.3 is 15.0 Å². The third-order valence-corrected chi connectivity index (χ3v) is 4.14. The number of aromatic nitrogens is 1. The first-order valence-electron chi connectivity index (χ1n) is 8.21. The molecule has 25 heavy (non-hydrogen) atoms. The van der Waals surface area contributed by atoms with Crippen molar-refractivity contribution < 1.29 is 9.90 Å². The Labute approximate surface area is 145 Å². The fraction of sp³-hybridized carbons (Fsp3) is 0.200. The number of aliphatic hydroxyl groups excluding tert-OH is 1. The van der Waals surface area contributed by atoms with Crippen LogP contribution in [0.25, 0.3) is 10.9 Å². The lowest BCUT2D eigenvalue weighted by molar-refractivity contribution is -0.121. The van der Waals surface area contributed by atoms with Gasteiger partial charge in [-0.1, -0.05) is 36.4 Å². The monoisotopic (exact) mass is 336 g/mol. The summed E-state index contributed by atoms with van der Waals surface area (Å²) in [7, 11) is 0. The molecule has 0 aliphatic rings. The number of hydrogen-bond acceptors (Lipinski definition) is 3. The van der Waals surface area contributed by atoms with Crippen LogP contribution in [0.5, 0.6) is 0 Å². The van der Waals surface area contributed by atoms with E-state index in [1.54, 1.807) is 16.8 Å². The largest absolute Gasteiger partial charge is 0.392 e. The zero-order chi connectivity index (χ0) is 17.6. The Morgan fingerprint density at radius 3 is 2.48 bits per heavy atom. The molecule has 3 rings (SSSR count). The lowest BCUT2D eigenvalue weighted by atomic mass is 10.1. The first-order valence-corrected chi connectivity index (χ1v) is 8.21. The Balaban J connectivity index is 1.59. The number of carbonyl (C=O) groups is 1. The minimum absolute atomic E-state index is 0.0321. The molecule has 1 aromatic heterocycles. The topological polar surface area (TPSA) is 71.3 Å². The van der Waals surface area contributed by atoms with E-state index in [1.165, 1.54) is 6.07 Å². The van der Waals surface area contributed by atoms with Gasteiger partial charge in [-0.3, -0.25) is 9.59 Å². The molecule has 128 valence electrons. The van der Waals surface area contributed by atoms with E-state index < -0.39 is 0 Å². The second-order valence-electron chi connectivity index (χ2n) is 5.90. The zero-order valence-corrected chi connectivity index (χ0v) is 13.8. The van der Waals surface area contributed by atoms with Gasteiger partial charge in [0.25, 0.3) is 0 Å². The van der Waals surface area contributed by atoms with Crippen molar-refractivity contribution >= 4 is 16.8 Å². The number of amides is 1. The summed E-state index contributed by atoms with van der Waals surface area (Å²) in [5.41, 5.74) is 2.69. The van der Waals surface area contributed by atoms with Gasteiger partial charge in [0.1, 0.15) is 6.54 Å². The predicted octanol–water partition coefficient (Wildman–Crippen LogP) is 1.85. The highest BCUT2D eigenvalue weighted by atomic mass is 16.3. The van der Waals surface area contributed by atoms with Crippen molar-refractivity contribution in [2.24, 2.45) is 0 Å². The van der Waals surface area contributed by atoms with Gasteiger partial charge in [0.2, 0.25) is 5.91 Å². The summed E-state index contributed by atoms with van der Waals surface area (Å²) in [4.78, 5) is 24.1. The van der Waals surface area contributed by atoms with Gasteiger partial charge in [-0.2, -0.15) is 0 Å². The van der Waals surface area contributed by atoms with Gasteiger partial charge in [-0.15, -0.1) is 0 Å². The van der Waals surface area contributed by atoms with Crippen LogP contribution in [0.4, 0.5) is 0 Å². The Bertz CT molecular complexity index is 930. The van der Waals surface area contributed by atoms with Gasteiger partial charge in [0, 0.05) is 24.2 Å². The highest BCUT2D eigenvalue weighted by molar-refractivity contribution is 5.82. The van der Waals surface area contributed by atoms with Crippen LogP contribution in [0, 0.1) is 0 Å². The molecule has 0 spiro atoms. The summed E-state index contributed by atoms with van der Waals surface area (Å²) in [5, 5.41) is 12.5. The van der Waals surface area contributed by atoms with E-state index in [0.29, 0.717) is 11.9 Å². The molecule has 0 saturated heterocycles. The molecule has 0 radical (unpaired) electrons. The predicted molar refractivity (Wildman–Crippen MR) is 97.3 cm³/mol. The normalized spacial score (nSPS) is 10.8. The Kier molecular flexibility index (Phi) is 5.26. The SMILES string of the molecule is O=C(Cn1ccc(=O)c2ccccc21)NCCc1ccc(CO)cc1. The minimum Gasteiger partial charge on any atom is -0.392 e. The molecule has 0 aliphatic heterocycles. The van der Waals surface area contributed by atoms with E-state index in [0.717, 1.165) is 23.1 Å². The molecule has 2 N–H and O–H groups in total. The molecule has 0 aliphatic carbocycles. The Hall–Kier alpha value is -2.92. The highest BCUT2D eigenvalue weighted by Gasteiger charge is 2.06. The first-order chi connectivity index (χ1) is 12.2. The van der Waals surface area contributed by atoms with E-state index in [9.17, 15) is 9.59 Å². The van der Waals surface area contributed by atoms with E-state index in [-0.39, 0.29) is 24.5 Å². The van der Waals surface area contributed by atoms with Crippen LogP contribution in [-0.2, 0) is 24.4 Å². The summed E-state index contributed by atoms with van der Waals surface area (Å²) in [6.07, 6.45) is 2.38.